The summed E-state index contributed by atoms with van der Waals surface area (Å²) in [7, 11) is 0. The van der Waals surface area contributed by atoms with E-state index in [0.717, 1.165) is 0 Å². The molecule has 3 rings (SSSR count). The minimum Gasteiger partial charge on any atom is -0.373 e. The molecular weight excluding hydrogens is 388 g/mol. The van der Waals surface area contributed by atoms with Gasteiger partial charge in [0.15, 0.2) is 0 Å². The molecule has 0 unspecified atom stereocenters. The molecule has 1 fully saturated rings. The van der Waals surface area contributed by atoms with E-state index in [-0.39, 0.29) is 22.3 Å². The molecule has 3 heterocycles. The second-order valence-electron chi connectivity index (χ2n) is 6.95. The van der Waals surface area contributed by atoms with Crippen LogP contribution >= 0.6 is 0 Å². The lowest BCUT2D eigenvalue weighted by Crippen LogP contribution is -2.44. The summed E-state index contributed by atoms with van der Waals surface area (Å²) in [6, 6.07) is 3.63. The number of rotatable bonds is 2. The summed E-state index contributed by atoms with van der Waals surface area (Å²) in [5.41, 5.74) is 1.03. The van der Waals surface area contributed by atoms with Crippen molar-refractivity contribution >= 4 is 23.6 Å². The lowest BCUT2D eigenvalue weighted by Gasteiger charge is -2.35. The lowest BCUT2D eigenvalue weighted by molar-refractivity contribution is -0.128. The van der Waals surface area contributed by atoms with Crippen molar-refractivity contribution in [2.75, 3.05) is 26.2 Å². The maximum atomic E-state index is 12.1. The number of nitriles is 2. The minimum atomic E-state index is -0.696. The van der Waals surface area contributed by atoms with Crippen molar-refractivity contribution in [2.45, 2.75) is 13.8 Å². The summed E-state index contributed by atoms with van der Waals surface area (Å²) in [6.45, 7) is 5.23. The summed E-state index contributed by atoms with van der Waals surface area (Å²) < 4.78 is 0. The third-order valence-corrected chi connectivity index (χ3v) is 5.15. The smallest absolute Gasteiger partial charge is 0.269 e. The average molecular weight is 406 g/mol. The van der Waals surface area contributed by atoms with Gasteiger partial charge in [0, 0.05) is 38.6 Å². The van der Waals surface area contributed by atoms with Gasteiger partial charge in [-0.2, -0.15) is 10.5 Å². The number of imide groups is 2. The van der Waals surface area contributed by atoms with E-state index < -0.39 is 23.6 Å². The molecule has 0 spiro atoms. The molecule has 0 aromatic rings. The summed E-state index contributed by atoms with van der Waals surface area (Å²) in [5, 5.41) is 22.6. The number of nitrogens with one attached hydrogen (secondary N) is 2. The van der Waals surface area contributed by atoms with Crippen molar-refractivity contribution in [3.8, 4) is 12.1 Å². The minimum absolute atomic E-state index is 0.0855. The van der Waals surface area contributed by atoms with Crippen molar-refractivity contribution in [2.24, 2.45) is 0 Å². The Morgan fingerprint density at radius 2 is 1.03 bits per heavy atom. The Hall–Kier alpha value is -4.18. The molecule has 0 atom stereocenters. The standard InChI is InChI=1S/C20H18N6O4/c1-11-13(7-21)17(27)23-19(29)15(11)9-25-3-5-26(6-4-25)10-16-12(2)14(8-22)18(28)24-20(16)30/h9-10H,3-6H2,1-2H3,(H,23,27,29)(H,24,28,30)/b15-9-,16-10-. The molecule has 152 valence electrons. The van der Waals surface area contributed by atoms with Crippen LogP contribution in [0.5, 0.6) is 0 Å². The molecule has 0 bridgehead atoms. The number of hydrogen-bond acceptors (Lipinski definition) is 8. The molecule has 2 N–H and O–H groups in total. The molecule has 10 heteroatoms. The van der Waals surface area contributed by atoms with Crippen LogP contribution in [0.25, 0.3) is 0 Å². The molecule has 3 aliphatic rings. The Morgan fingerprint density at radius 3 is 1.33 bits per heavy atom. The maximum absolute atomic E-state index is 12.1. The first kappa shape index (κ1) is 20.6. The van der Waals surface area contributed by atoms with Crippen molar-refractivity contribution in [3.63, 3.8) is 0 Å². The Balaban J connectivity index is 1.76. The van der Waals surface area contributed by atoms with Crippen LogP contribution in [0.2, 0.25) is 0 Å². The molecule has 0 aromatic carbocycles. The van der Waals surface area contributed by atoms with Crippen LogP contribution in [0, 0.1) is 22.7 Å². The van der Waals surface area contributed by atoms with E-state index in [0.29, 0.717) is 37.3 Å². The zero-order valence-electron chi connectivity index (χ0n) is 16.4. The first-order valence-corrected chi connectivity index (χ1v) is 9.12. The molecule has 0 radical (unpaired) electrons. The van der Waals surface area contributed by atoms with E-state index in [1.54, 1.807) is 26.2 Å². The summed E-state index contributed by atoms with van der Waals surface area (Å²) in [5.74, 6) is -2.49. The van der Waals surface area contributed by atoms with Crippen LogP contribution in [0.4, 0.5) is 0 Å². The summed E-state index contributed by atoms with van der Waals surface area (Å²) >= 11 is 0. The van der Waals surface area contributed by atoms with Crippen molar-refractivity contribution in [1.29, 1.82) is 10.5 Å². The molecule has 0 aliphatic carbocycles. The first-order valence-electron chi connectivity index (χ1n) is 9.12. The maximum Gasteiger partial charge on any atom is 0.269 e. The van der Waals surface area contributed by atoms with Crippen LogP contribution in [0.15, 0.2) is 45.8 Å². The van der Waals surface area contributed by atoms with Crippen LogP contribution in [-0.2, 0) is 19.2 Å². The third kappa shape index (κ3) is 3.71. The molecule has 3 aliphatic heterocycles. The third-order valence-electron chi connectivity index (χ3n) is 5.15. The van der Waals surface area contributed by atoms with Crippen LogP contribution in [0.1, 0.15) is 13.8 Å². The van der Waals surface area contributed by atoms with E-state index >= 15 is 0 Å². The molecule has 0 aromatic heterocycles. The van der Waals surface area contributed by atoms with Gasteiger partial charge in [-0.05, 0) is 25.0 Å². The van der Waals surface area contributed by atoms with Crippen LogP contribution in [0.3, 0.4) is 0 Å². The number of amides is 4. The first-order chi connectivity index (χ1) is 14.3. The van der Waals surface area contributed by atoms with E-state index in [1.165, 1.54) is 0 Å². The van der Waals surface area contributed by atoms with Gasteiger partial charge < -0.3 is 9.80 Å². The van der Waals surface area contributed by atoms with Crippen molar-refractivity contribution in [1.82, 2.24) is 20.4 Å². The SMILES string of the molecule is CC1=C(C#N)C(=O)NC(=O)/C1=C\N1CCN(/C=C2\C(=O)NC(=O)C(C#N)=C2C)CC1. The van der Waals surface area contributed by atoms with Gasteiger partial charge in [0.05, 0.1) is 11.1 Å². The predicted molar refractivity (Wildman–Crippen MR) is 102 cm³/mol. The number of hydrogen-bond donors (Lipinski definition) is 2. The van der Waals surface area contributed by atoms with Gasteiger partial charge in [0.25, 0.3) is 23.6 Å². The number of piperazine rings is 1. The van der Waals surface area contributed by atoms with Gasteiger partial charge in [0.1, 0.15) is 23.3 Å². The second-order valence-corrected chi connectivity index (χ2v) is 6.95. The van der Waals surface area contributed by atoms with E-state index in [2.05, 4.69) is 10.6 Å². The highest BCUT2D eigenvalue weighted by Crippen LogP contribution is 2.22. The fraction of sp³-hybridized carbons (Fsp3) is 0.300. The highest BCUT2D eigenvalue weighted by Gasteiger charge is 2.30. The molecule has 1 saturated heterocycles. The zero-order chi connectivity index (χ0) is 22.0. The van der Waals surface area contributed by atoms with E-state index in [1.807, 2.05) is 21.9 Å². The largest absolute Gasteiger partial charge is 0.373 e. The monoisotopic (exact) mass is 406 g/mol. The van der Waals surface area contributed by atoms with Gasteiger partial charge in [0.2, 0.25) is 0 Å². The normalized spacial score (nSPS) is 22.9. The molecule has 10 nitrogen and oxygen atoms in total. The van der Waals surface area contributed by atoms with Crippen molar-refractivity contribution < 1.29 is 19.2 Å². The number of carbonyl (C=O) groups is 4. The van der Waals surface area contributed by atoms with Gasteiger partial charge in [-0.3, -0.25) is 29.8 Å². The van der Waals surface area contributed by atoms with Gasteiger partial charge in [-0.15, -0.1) is 0 Å². The van der Waals surface area contributed by atoms with Gasteiger partial charge in [-0.25, -0.2) is 0 Å². The Bertz CT molecular complexity index is 986. The van der Waals surface area contributed by atoms with E-state index in [9.17, 15) is 19.2 Å². The fourth-order valence-electron chi connectivity index (χ4n) is 3.36. The van der Waals surface area contributed by atoms with Crippen molar-refractivity contribution in [3.05, 3.63) is 45.8 Å². The molecule has 30 heavy (non-hydrogen) atoms. The number of nitrogens with zero attached hydrogens (tertiary/aromatic N) is 4. The van der Waals surface area contributed by atoms with Crippen LogP contribution in [-0.4, -0.2) is 59.6 Å². The van der Waals surface area contributed by atoms with Gasteiger partial charge >= 0.3 is 0 Å². The quantitative estimate of drug-likeness (QED) is 0.455. The Labute approximate surface area is 172 Å². The Morgan fingerprint density at radius 1 is 0.700 bits per heavy atom. The number of carbonyl (C=O) groups excluding carboxylic acids is 4. The van der Waals surface area contributed by atoms with Gasteiger partial charge in [-0.1, -0.05) is 0 Å². The summed E-state index contributed by atoms with van der Waals surface area (Å²) in [4.78, 5) is 51.5. The second kappa shape index (κ2) is 8.05. The molecule has 0 saturated carbocycles. The van der Waals surface area contributed by atoms with E-state index in [4.69, 9.17) is 10.5 Å². The molecule has 4 amide bonds. The predicted octanol–water partition coefficient (Wildman–Crippen LogP) is -0.635. The fourth-order valence-corrected chi connectivity index (χ4v) is 3.36. The highest BCUT2D eigenvalue weighted by atomic mass is 16.2. The average Bonchev–Trinajstić information content (AvgIpc) is 2.70. The summed E-state index contributed by atoms with van der Waals surface area (Å²) in [6.07, 6.45) is 3.26. The van der Waals surface area contributed by atoms with Crippen LogP contribution < -0.4 is 10.6 Å². The topological polar surface area (TPSA) is 146 Å². The zero-order valence-corrected chi connectivity index (χ0v) is 16.4. The Kier molecular flexibility index (Phi) is 5.52. The molecular formula is C20H18N6O4. The highest BCUT2D eigenvalue weighted by molar-refractivity contribution is 6.18. The lowest BCUT2D eigenvalue weighted by atomic mass is 9.97.